The van der Waals surface area contributed by atoms with Crippen molar-refractivity contribution in [1.29, 1.82) is 0 Å². The molecule has 4 N–H and O–H groups in total. The number of aliphatic carboxylic acids is 1. The number of carbonyl (C=O) groups excluding carboxylic acids is 3. The summed E-state index contributed by atoms with van der Waals surface area (Å²) in [5.74, 6) is -2.38. The predicted octanol–water partition coefficient (Wildman–Crippen LogP) is 9.09. The Hall–Kier alpha value is -2.42. The number of unbranched alkanes of at least 4 members (excludes halogenated alkanes) is 22. The van der Waals surface area contributed by atoms with Gasteiger partial charge in [0.1, 0.15) is 12.1 Å². The third-order valence-electron chi connectivity index (χ3n) is 9.00. The van der Waals surface area contributed by atoms with Gasteiger partial charge >= 0.3 is 11.9 Å². The number of allylic oxidation sites excluding steroid dienone is 1. The Labute approximate surface area is 299 Å². The van der Waals surface area contributed by atoms with E-state index in [-0.39, 0.29) is 30.9 Å². The summed E-state index contributed by atoms with van der Waals surface area (Å²) in [5.41, 5.74) is 0. The lowest BCUT2D eigenvalue weighted by molar-refractivity contribution is -0.147. The molecule has 2 atom stereocenters. The van der Waals surface area contributed by atoms with Gasteiger partial charge in [-0.25, -0.2) is 4.79 Å². The van der Waals surface area contributed by atoms with Gasteiger partial charge in [0.05, 0.1) is 13.2 Å². The molecule has 0 aromatic heterocycles. The fourth-order valence-corrected chi connectivity index (χ4v) is 5.86. The Bertz CT molecular complexity index is 848. The van der Waals surface area contributed by atoms with Crippen LogP contribution in [-0.4, -0.2) is 59.3 Å². The summed E-state index contributed by atoms with van der Waals surface area (Å²) in [6.07, 6.45) is 35.3. The first-order valence-electron chi connectivity index (χ1n) is 20.1. The number of carboxylic acids is 1. The zero-order valence-electron chi connectivity index (χ0n) is 31.5. The normalized spacial score (nSPS) is 12.6. The van der Waals surface area contributed by atoms with Gasteiger partial charge in [-0.3, -0.25) is 14.4 Å². The highest BCUT2D eigenvalue weighted by Gasteiger charge is 2.18. The summed E-state index contributed by atoms with van der Waals surface area (Å²) >= 11 is 0. The molecule has 0 bridgehead atoms. The van der Waals surface area contributed by atoms with Gasteiger partial charge in [-0.15, -0.1) is 0 Å². The van der Waals surface area contributed by atoms with Gasteiger partial charge in [0.15, 0.2) is 0 Å². The highest BCUT2D eigenvalue weighted by atomic mass is 16.5. The maximum absolute atomic E-state index is 12.7. The van der Waals surface area contributed by atoms with E-state index in [9.17, 15) is 19.2 Å². The van der Waals surface area contributed by atoms with Crippen LogP contribution in [0.15, 0.2) is 12.2 Å². The molecule has 0 saturated heterocycles. The third kappa shape index (κ3) is 32.5. The molecule has 9 heteroatoms. The SMILES string of the molecule is CCCCCCCCC/C=C\C(CCCCCCC(=O)NCC(=O)NC(CO)C(=O)O)OC(=O)CCCCCCCCCCCCCCC. The van der Waals surface area contributed by atoms with Gasteiger partial charge in [0.25, 0.3) is 0 Å². The number of esters is 1. The van der Waals surface area contributed by atoms with Crippen molar-refractivity contribution in [1.82, 2.24) is 10.6 Å². The number of nitrogens with one attached hydrogen (secondary N) is 2. The lowest BCUT2D eigenvalue weighted by Crippen LogP contribution is -2.47. The van der Waals surface area contributed by atoms with Crippen molar-refractivity contribution in [2.45, 2.75) is 206 Å². The first-order valence-corrected chi connectivity index (χ1v) is 20.1. The van der Waals surface area contributed by atoms with Crippen molar-refractivity contribution in [3.63, 3.8) is 0 Å². The van der Waals surface area contributed by atoms with Gasteiger partial charge in [-0.2, -0.15) is 0 Å². The Morgan fingerprint density at radius 3 is 1.59 bits per heavy atom. The van der Waals surface area contributed by atoms with E-state index in [2.05, 4.69) is 36.6 Å². The van der Waals surface area contributed by atoms with E-state index in [0.717, 1.165) is 51.4 Å². The summed E-state index contributed by atoms with van der Waals surface area (Å²) in [5, 5.41) is 22.5. The van der Waals surface area contributed by atoms with Gasteiger partial charge in [0.2, 0.25) is 11.8 Å². The molecular formula is C40H74N2O7. The van der Waals surface area contributed by atoms with Crippen LogP contribution < -0.4 is 10.6 Å². The van der Waals surface area contributed by atoms with E-state index in [1.165, 1.54) is 109 Å². The number of hydrogen-bond acceptors (Lipinski definition) is 6. The number of carboxylic acid groups (broad SMARTS) is 1. The lowest BCUT2D eigenvalue weighted by Gasteiger charge is -2.15. The Balaban J connectivity index is 4.31. The van der Waals surface area contributed by atoms with Gasteiger partial charge in [0, 0.05) is 12.8 Å². The molecule has 49 heavy (non-hydrogen) atoms. The fourth-order valence-electron chi connectivity index (χ4n) is 5.86. The van der Waals surface area contributed by atoms with Crippen molar-refractivity contribution in [3.8, 4) is 0 Å². The zero-order chi connectivity index (χ0) is 36.2. The minimum atomic E-state index is -1.39. The lowest BCUT2D eigenvalue weighted by atomic mass is 10.0. The summed E-state index contributed by atoms with van der Waals surface area (Å²) in [4.78, 5) is 47.4. The second-order valence-corrected chi connectivity index (χ2v) is 13.7. The quantitative estimate of drug-likeness (QED) is 0.0291. The molecule has 0 rings (SSSR count). The van der Waals surface area contributed by atoms with Gasteiger partial charge in [-0.1, -0.05) is 148 Å². The highest BCUT2D eigenvalue weighted by Crippen LogP contribution is 2.16. The Morgan fingerprint density at radius 1 is 0.612 bits per heavy atom. The maximum Gasteiger partial charge on any atom is 0.328 e. The van der Waals surface area contributed by atoms with Crippen LogP contribution >= 0.6 is 0 Å². The number of amides is 2. The molecular weight excluding hydrogens is 620 g/mol. The number of hydrogen-bond donors (Lipinski definition) is 4. The second kappa shape index (κ2) is 35.4. The topological polar surface area (TPSA) is 142 Å². The summed E-state index contributed by atoms with van der Waals surface area (Å²) in [6.45, 7) is 3.45. The van der Waals surface area contributed by atoms with Gasteiger partial charge in [-0.05, 0) is 44.6 Å². The van der Waals surface area contributed by atoms with Crippen LogP contribution in [0.5, 0.6) is 0 Å². The molecule has 0 radical (unpaired) electrons. The fraction of sp³-hybridized carbons (Fsp3) is 0.850. The molecule has 2 amide bonds. The number of ether oxygens (including phenoxy) is 1. The van der Waals surface area contributed by atoms with Crippen molar-refractivity contribution in [2.24, 2.45) is 0 Å². The van der Waals surface area contributed by atoms with Crippen LogP contribution in [0.2, 0.25) is 0 Å². The van der Waals surface area contributed by atoms with Gasteiger partial charge < -0.3 is 25.6 Å². The second-order valence-electron chi connectivity index (χ2n) is 13.7. The summed E-state index contributed by atoms with van der Waals surface area (Å²) < 4.78 is 5.90. The summed E-state index contributed by atoms with van der Waals surface area (Å²) in [7, 11) is 0. The van der Waals surface area contributed by atoms with E-state index in [4.69, 9.17) is 14.9 Å². The zero-order valence-corrected chi connectivity index (χ0v) is 31.5. The molecule has 9 nitrogen and oxygen atoms in total. The summed E-state index contributed by atoms with van der Waals surface area (Å²) in [6, 6.07) is -1.39. The van der Waals surface area contributed by atoms with Crippen molar-refractivity contribution in [3.05, 3.63) is 12.2 Å². The van der Waals surface area contributed by atoms with E-state index in [1.54, 1.807) is 0 Å². The number of aliphatic hydroxyl groups excluding tert-OH is 1. The number of aliphatic hydroxyl groups is 1. The predicted molar refractivity (Wildman–Crippen MR) is 199 cm³/mol. The molecule has 0 fully saturated rings. The minimum Gasteiger partial charge on any atom is -0.480 e. The van der Waals surface area contributed by atoms with E-state index in [1.807, 2.05) is 0 Å². The first kappa shape index (κ1) is 46.6. The van der Waals surface area contributed by atoms with E-state index < -0.39 is 24.5 Å². The van der Waals surface area contributed by atoms with E-state index >= 15 is 0 Å². The largest absolute Gasteiger partial charge is 0.480 e. The van der Waals surface area contributed by atoms with Crippen molar-refractivity contribution < 1.29 is 34.1 Å². The Kier molecular flexibility index (Phi) is 33.7. The molecule has 0 aliphatic rings. The molecule has 0 aliphatic heterocycles. The number of carbonyl (C=O) groups is 4. The van der Waals surface area contributed by atoms with Crippen LogP contribution in [0.25, 0.3) is 0 Å². The molecule has 0 aliphatic carbocycles. The maximum atomic E-state index is 12.7. The molecule has 0 aromatic carbocycles. The molecule has 0 aromatic rings. The van der Waals surface area contributed by atoms with Crippen molar-refractivity contribution in [2.75, 3.05) is 13.2 Å². The van der Waals surface area contributed by atoms with E-state index in [0.29, 0.717) is 12.8 Å². The highest BCUT2D eigenvalue weighted by molar-refractivity contribution is 5.87. The average molecular weight is 695 g/mol. The third-order valence-corrected chi connectivity index (χ3v) is 9.00. The standard InChI is InChI=1S/C40H74N2O7/c1-3-5-7-9-11-13-14-15-16-18-20-22-28-32-39(46)49-35(29-25-21-19-17-12-10-8-6-4-2)30-26-23-24-27-31-37(44)41-33-38(45)42-36(34-43)40(47)48/h25,29,35-36,43H,3-24,26-28,30-34H2,1-2H3,(H,41,44)(H,42,45)(H,47,48)/b29-25-. The van der Waals surface area contributed by atoms with Crippen LogP contribution in [0.4, 0.5) is 0 Å². The van der Waals surface area contributed by atoms with Crippen molar-refractivity contribution >= 4 is 23.8 Å². The van der Waals surface area contributed by atoms with Crippen LogP contribution in [0, 0.1) is 0 Å². The smallest absolute Gasteiger partial charge is 0.328 e. The molecule has 0 heterocycles. The molecule has 0 spiro atoms. The number of rotatable bonds is 36. The Morgan fingerprint density at radius 2 is 1.08 bits per heavy atom. The minimum absolute atomic E-state index is 0.108. The van der Waals surface area contributed by atoms with Crippen LogP contribution in [0.1, 0.15) is 194 Å². The molecule has 0 saturated carbocycles. The molecule has 286 valence electrons. The first-order chi connectivity index (χ1) is 23.8. The average Bonchev–Trinajstić information content (AvgIpc) is 3.08. The monoisotopic (exact) mass is 695 g/mol. The molecule has 2 unspecified atom stereocenters. The van der Waals surface area contributed by atoms with Crippen LogP contribution in [-0.2, 0) is 23.9 Å². The van der Waals surface area contributed by atoms with Crippen LogP contribution in [0.3, 0.4) is 0 Å².